The van der Waals surface area contributed by atoms with Gasteiger partial charge in [-0.2, -0.15) is 0 Å². The summed E-state index contributed by atoms with van der Waals surface area (Å²) in [7, 11) is 1.68. The van der Waals surface area contributed by atoms with Crippen LogP contribution in [0.2, 0.25) is 0 Å². The number of likely N-dealkylation sites (tertiary alicyclic amines) is 1. The molecule has 0 radical (unpaired) electrons. The van der Waals surface area contributed by atoms with Crippen LogP contribution in [0.15, 0.2) is 29.3 Å². The number of benzene rings is 1. The third-order valence-corrected chi connectivity index (χ3v) is 4.80. The second kappa shape index (κ2) is 13.6. The standard InChI is InChI=1S/C20H33N5O2.HI/c1-3-22-20(24-14-16-8-4-5-10-18(16)27-2)23-11-7-13-25-12-6-9-17(15-25)19(21)26;/h4-5,8,10,17H,3,6-7,9,11-15H2,1-2H3,(H2,21,26)(H2,22,23,24);1H. The topological polar surface area (TPSA) is 92.0 Å². The lowest BCUT2D eigenvalue weighted by Crippen LogP contribution is -2.43. The molecule has 1 saturated heterocycles. The van der Waals surface area contributed by atoms with E-state index in [1.807, 2.05) is 24.3 Å². The molecule has 0 aromatic heterocycles. The minimum absolute atomic E-state index is 0. The number of aliphatic imine (C=N–C) groups is 1. The smallest absolute Gasteiger partial charge is 0.221 e. The maximum atomic E-state index is 11.4. The van der Waals surface area contributed by atoms with Crippen molar-refractivity contribution in [1.29, 1.82) is 0 Å². The number of primary amides is 1. The van der Waals surface area contributed by atoms with Gasteiger partial charge >= 0.3 is 0 Å². The first kappa shape index (κ1) is 24.5. The van der Waals surface area contributed by atoms with E-state index in [9.17, 15) is 4.79 Å². The lowest BCUT2D eigenvalue weighted by atomic mass is 9.97. The molecule has 1 aliphatic heterocycles. The van der Waals surface area contributed by atoms with E-state index in [2.05, 4.69) is 27.4 Å². The molecule has 1 heterocycles. The lowest BCUT2D eigenvalue weighted by molar-refractivity contribution is -0.123. The lowest BCUT2D eigenvalue weighted by Gasteiger charge is -2.31. The highest BCUT2D eigenvalue weighted by molar-refractivity contribution is 14.0. The number of nitrogens with one attached hydrogen (secondary N) is 2. The van der Waals surface area contributed by atoms with E-state index < -0.39 is 0 Å². The highest BCUT2D eigenvalue weighted by Crippen LogP contribution is 2.18. The van der Waals surface area contributed by atoms with Gasteiger partial charge in [0.05, 0.1) is 19.6 Å². The van der Waals surface area contributed by atoms with E-state index >= 15 is 0 Å². The van der Waals surface area contributed by atoms with Crippen molar-refractivity contribution in [2.24, 2.45) is 16.6 Å². The zero-order chi connectivity index (χ0) is 19.5. The van der Waals surface area contributed by atoms with Crippen LogP contribution in [0, 0.1) is 5.92 Å². The quantitative estimate of drug-likeness (QED) is 0.208. The molecule has 1 aromatic carbocycles. The fourth-order valence-corrected chi connectivity index (χ4v) is 3.34. The van der Waals surface area contributed by atoms with Crippen molar-refractivity contribution >= 4 is 35.8 Å². The molecule has 0 aliphatic carbocycles. The SMILES string of the molecule is CCNC(=NCc1ccccc1OC)NCCCN1CCCC(C(N)=O)C1.I. The first-order chi connectivity index (χ1) is 13.1. The summed E-state index contributed by atoms with van der Waals surface area (Å²) in [4.78, 5) is 18.4. The van der Waals surface area contributed by atoms with Crippen LogP contribution in [-0.4, -0.2) is 56.6 Å². The number of para-hydroxylation sites is 1. The van der Waals surface area contributed by atoms with Crippen LogP contribution in [0.4, 0.5) is 0 Å². The van der Waals surface area contributed by atoms with Gasteiger partial charge in [-0.1, -0.05) is 18.2 Å². The van der Waals surface area contributed by atoms with Crippen LogP contribution in [0.25, 0.3) is 0 Å². The van der Waals surface area contributed by atoms with Crippen LogP contribution >= 0.6 is 24.0 Å². The van der Waals surface area contributed by atoms with Crippen molar-refractivity contribution < 1.29 is 9.53 Å². The summed E-state index contributed by atoms with van der Waals surface area (Å²) in [5.41, 5.74) is 6.51. The Labute approximate surface area is 185 Å². The molecule has 0 bridgehead atoms. The first-order valence-corrected chi connectivity index (χ1v) is 9.79. The van der Waals surface area contributed by atoms with Gasteiger partial charge in [-0.3, -0.25) is 4.79 Å². The molecule has 28 heavy (non-hydrogen) atoms. The molecule has 7 nitrogen and oxygen atoms in total. The maximum Gasteiger partial charge on any atom is 0.221 e. The number of methoxy groups -OCH3 is 1. The van der Waals surface area contributed by atoms with E-state index in [0.717, 1.165) is 69.3 Å². The Balaban J connectivity index is 0.00000392. The molecule has 2 rings (SSSR count). The Kier molecular flexibility index (Phi) is 11.9. The van der Waals surface area contributed by atoms with Gasteiger partial charge in [-0.25, -0.2) is 4.99 Å². The minimum atomic E-state index is -0.171. The van der Waals surface area contributed by atoms with Gasteiger partial charge in [0.25, 0.3) is 0 Å². The second-order valence-electron chi connectivity index (χ2n) is 6.83. The van der Waals surface area contributed by atoms with Crippen molar-refractivity contribution in [2.45, 2.75) is 32.7 Å². The van der Waals surface area contributed by atoms with E-state index in [1.54, 1.807) is 7.11 Å². The Hall–Kier alpha value is -1.55. The van der Waals surface area contributed by atoms with Gasteiger partial charge in [0.2, 0.25) is 5.91 Å². The monoisotopic (exact) mass is 503 g/mol. The molecule has 8 heteroatoms. The first-order valence-electron chi connectivity index (χ1n) is 9.79. The van der Waals surface area contributed by atoms with Crippen molar-refractivity contribution in [3.05, 3.63) is 29.8 Å². The second-order valence-corrected chi connectivity index (χ2v) is 6.83. The van der Waals surface area contributed by atoms with E-state index in [1.165, 1.54) is 0 Å². The number of guanidine groups is 1. The number of hydrogen-bond donors (Lipinski definition) is 3. The summed E-state index contributed by atoms with van der Waals surface area (Å²) >= 11 is 0. The molecule has 1 aliphatic rings. The predicted octanol–water partition coefficient (Wildman–Crippen LogP) is 1.96. The van der Waals surface area contributed by atoms with Crippen molar-refractivity contribution in [3.8, 4) is 5.75 Å². The summed E-state index contributed by atoms with van der Waals surface area (Å²) in [6, 6.07) is 7.92. The van der Waals surface area contributed by atoms with Crippen molar-refractivity contribution in [1.82, 2.24) is 15.5 Å². The Morgan fingerprint density at radius 1 is 1.36 bits per heavy atom. The fourth-order valence-electron chi connectivity index (χ4n) is 3.34. The number of piperidine rings is 1. The van der Waals surface area contributed by atoms with Crippen LogP contribution in [0.3, 0.4) is 0 Å². The number of hydrogen-bond acceptors (Lipinski definition) is 4. The van der Waals surface area contributed by atoms with E-state index in [4.69, 9.17) is 10.5 Å². The molecule has 158 valence electrons. The average molecular weight is 503 g/mol. The number of carbonyl (C=O) groups is 1. The maximum absolute atomic E-state index is 11.4. The van der Waals surface area contributed by atoms with Crippen LogP contribution in [0.5, 0.6) is 5.75 Å². The molecular formula is C20H34IN5O2. The summed E-state index contributed by atoms with van der Waals surface area (Å²) in [6.45, 7) is 7.05. The number of rotatable bonds is 9. The number of carbonyl (C=O) groups excluding carboxylic acids is 1. The van der Waals surface area contributed by atoms with Crippen LogP contribution < -0.4 is 21.1 Å². The average Bonchev–Trinajstić information content (AvgIpc) is 2.69. The predicted molar refractivity (Wildman–Crippen MR) is 124 cm³/mol. The van der Waals surface area contributed by atoms with Crippen LogP contribution in [-0.2, 0) is 11.3 Å². The number of amides is 1. The normalized spacial score (nSPS) is 17.5. The molecular weight excluding hydrogens is 469 g/mol. The summed E-state index contributed by atoms with van der Waals surface area (Å²) in [5, 5.41) is 6.66. The molecule has 1 atom stereocenters. The third kappa shape index (κ3) is 8.22. The Morgan fingerprint density at radius 2 is 2.14 bits per heavy atom. The van der Waals surface area contributed by atoms with Gasteiger partial charge in [-0.15, -0.1) is 24.0 Å². The third-order valence-electron chi connectivity index (χ3n) is 4.80. The summed E-state index contributed by atoms with van der Waals surface area (Å²) in [6.07, 6.45) is 2.96. The van der Waals surface area contributed by atoms with E-state index in [0.29, 0.717) is 6.54 Å². The number of nitrogens with two attached hydrogens (primary N) is 1. The van der Waals surface area contributed by atoms with Crippen molar-refractivity contribution in [2.75, 3.05) is 39.8 Å². The summed E-state index contributed by atoms with van der Waals surface area (Å²) in [5.74, 6) is 1.49. The Bertz CT molecular complexity index is 626. The van der Waals surface area contributed by atoms with Gasteiger partial charge in [0, 0.05) is 25.2 Å². The minimum Gasteiger partial charge on any atom is -0.496 e. The fraction of sp³-hybridized carbons (Fsp3) is 0.600. The number of halogens is 1. The zero-order valence-electron chi connectivity index (χ0n) is 16.9. The number of nitrogens with zero attached hydrogens (tertiary/aromatic N) is 2. The Morgan fingerprint density at radius 3 is 2.86 bits per heavy atom. The zero-order valence-corrected chi connectivity index (χ0v) is 19.3. The van der Waals surface area contributed by atoms with Crippen molar-refractivity contribution in [3.63, 3.8) is 0 Å². The summed E-state index contributed by atoms with van der Waals surface area (Å²) < 4.78 is 5.38. The highest BCUT2D eigenvalue weighted by Gasteiger charge is 2.23. The van der Waals surface area contributed by atoms with E-state index in [-0.39, 0.29) is 35.8 Å². The van der Waals surface area contributed by atoms with Gasteiger partial charge in [0.1, 0.15) is 5.75 Å². The molecule has 0 saturated carbocycles. The highest BCUT2D eigenvalue weighted by atomic mass is 127. The largest absolute Gasteiger partial charge is 0.496 e. The molecule has 1 aromatic rings. The molecule has 4 N–H and O–H groups in total. The van der Waals surface area contributed by atoms with Gasteiger partial charge < -0.3 is 26.0 Å². The molecule has 1 fully saturated rings. The van der Waals surface area contributed by atoms with Gasteiger partial charge in [0.15, 0.2) is 5.96 Å². The van der Waals surface area contributed by atoms with Crippen LogP contribution in [0.1, 0.15) is 31.7 Å². The number of ether oxygens (including phenoxy) is 1. The molecule has 1 unspecified atom stereocenters. The molecule has 0 spiro atoms. The molecule has 1 amide bonds. The van der Waals surface area contributed by atoms with Gasteiger partial charge in [-0.05, 0) is 45.3 Å².